The predicted molar refractivity (Wildman–Crippen MR) is 190 cm³/mol. The number of nitrogens with one attached hydrogen (secondary N) is 4. The quantitative estimate of drug-likeness (QED) is 0.124. The number of carbonyl (C=O) groups excluding carboxylic acids is 5. The van der Waals surface area contributed by atoms with Gasteiger partial charge in [0.05, 0.1) is 17.3 Å². The van der Waals surface area contributed by atoms with Gasteiger partial charge in [0.1, 0.15) is 17.6 Å². The number of aryl methyl sites for hydroxylation is 1. The van der Waals surface area contributed by atoms with Gasteiger partial charge in [-0.15, -0.1) is 0 Å². The Hall–Kier alpha value is -4.17. The average Bonchev–Trinajstić information content (AvgIpc) is 3.77. The molecular weight excluding hydrogens is 704 g/mol. The highest BCUT2D eigenvalue weighted by molar-refractivity contribution is 9.08. The van der Waals surface area contributed by atoms with Crippen LogP contribution in [0, 0.1) is 11.8 Å². The fourth-order valence-corrected chi connectivity index (χ4v) is 8.86. The van der Waals surface area contributed by atoms with E-state index in [4.69, 9.17) is 4.98 Å². The third kappa shape index (κ3) is 6.79. The molecular formula is C36H43BrN8O5. The molecule has 7 rings (SSSR count). The number of ketones is 1. The second-order valence-electron chi connectivity index (χ2n) is 14.2. The van der Waals surface area contributed by atoms with Gasteiger partial charge in [-0.05, 0) is 69.4 Å². The Bertz CT molecular complexity index is 1830. The molecule has 13 nitrogen and oxygen atoms in total. The molecule has 0 spiro atoms. The van der Waals surface area contributed by atoms with E-state index in [1.54, 1.807) is 24.4 Å². The molecule has 2 saturated carbocycles. The number of imide groups is 2. The van der Waals surface area contributed by atoms with Gasteiger partial charge >= 0.3 is 0 Å². The molecule has 264 valence electrons. The molecule has 4 amide bonds. The minimum atomic E-state index is -1.02. The van der Waals surface area contributed by atoms with Crippen molar-refractivity contribution in [2.75, 3.05) is 10.6 Å². The third-order valence-corrected chi connectivity index (χ3v) is 11.4. The lowest BCUT2D eigenvalue weighted by molar-refractivity contribution is -0.136. The lowest BCUT2D eigenvalue weighted by atomic mass is 9.85. The van der Waals surface area contributed by atoms with E-state index in [1.165, 1.54) is 0 Å². The van der Waals surface area contributed by atoms with Crippen LogP contribution >= 0.6 is 16.1 Å². The first-order valence-corrected chi connectivity index (χ1v) is 18.6. The molecule has 2 aromatic heterocycles. The van der Waals surface area contributed by atoms with Crippen LogP contribution in [0.3, 0.4) is 0 Å². The number of halogens is 1. The van der Waals surface area contributed by atoms with Crippen molar-refractivity contribution in [2.24, 2.45) is 11.8 Å². The molecule has 1 saturated heterocycles. The average molecular weight is 748 g/mol. The molecule has 6 atom stereocenters. The number of hydrogen-bond donors (Lipinski definition) is 4. The molecule has 2 aliphatic heterocycles. The van der Waals surface area contributed by atoms with Crippen molar-refractivity contribution < 1.29 is 24.0 Å². The number of anilines is 2. The number of carbonyl (C=O) groups is 5. The van der Waals surface area contributed by atoms with Crippen LogP contribution in [-0.4, -0.2) is 73.1 Å². The zero-order chi connectivity index (χ0) is 34.9. The maximum Gasteiger partial charge on any atom is 0.264 e. The number of hydrogen-bond acceptors (Lipinski definition) is 10. The van der Waals surface area contributed by atoms with Crippen LogP contribution in [0.1, 0.15) is 104 Å². The van der Waals surface area contributed by atoms with Crippen molar-refractivity contribution in [3.63, 3.8) is 0 Å². The zero-order valence-corrected chi connectivity index (χ0v) is 29.7. The van der Waals surface area contributed by atoms with Gasteiger partial charge in [0.25, 0.3) is 11.8 Å². The Morgan fingerprint density at radius 3 is 2.64 bits per heavy atom. The Labute approximate surface area is 299 Å². The van der Waals surface area contributed by atoms with E-state index >= 15 is 0 Å². The SMILES string of the molecule is CCCc1cc(N[C@@H]2CC[C@@H](CC(=O)C3CCCC(Nc4cccc5c4C(=O)N(C4CCC(=O)NC4=O)C5=O)CC3NBr)C2)n2nccc2n1. The third-order valence-electron chi connectivity index (χ3n) is 10.8. The summed E-state index contributed by atoms with van der Waals surface area (Å²) in [5, 5.41) is 13.9. The van der Waals surface area contributed by atoms with E-state index in [0.717, 1.165) is 73.4 Å². The molecule has 0 radical (unpaired) electrons. The van der Waals surface area contributed by atoms with E-state index in [2.05, 4.69) is 54.5 Å². The van der Waals surface area contributed by atoms with E-state index in [1.807, 2.05) is 10.6 Å². The monoisotopic (exact) mass is 746 g/mol. The highest BCUT2D eigenvalue weighted by Gasteiger charge is 2.46. The summed E-state index contributed by atoms with van der Waals surface area (Å²) in [6, 6.07) is 8.18. The van der Waals surface area contributed by atoms with Crippen LogP contribution in [0.15, 0.2) is 36.5 Å². The second kappa shape index (κ2) is 14.6. The molecule has 3 fully saturated rings. The van der Waals surface area contributed by atoms with E-state index in [-0.39, 0.29) is 53.8 Å². The Balaban J connectivity index is 0.976. The van der Waals surface area contributed by atoms with Crippen molar-refractivity contribution in [1.29, 1.82) is 0 Å². The fraction of sp³-hybridized carbons (Fsp3) is 0.528. The largest absolute Gasteiger partial charge is 0.382 e. The van der Waals surface area contributed by atoms with Crippen molar-refractivity contribution in [3.05, 3.63) is 53.3 Å². The molecule has 0 bridgehead atoms. The van der Waals surface area contributed by atoms with Crippen molar-refractivity contribution in [3.8, 4) is 0 Å². The number of nitrogens with zero attached hydrogens (tertiary/aromatic N) is 4. The van der Waals surface area contributed by atoms with Gasteiger partial charge in [0, 0.05) is 76.5 Å². The van der Waals surface area contributed by atoms with Gasteiger partial charge in [-0.3, -0.25) is 38.5 Å². The first-order chi connectivity index (χ1) is 24.2. The summed E-state index contributed by atoms with van der Waals surface area (Å²) in [6.07, 6.45) is 10.3. The van der Waals surface area contributed by atoms with Gasteiger partial charge in [-0.2, -0.15) is 9.61 Å². The van der Waals surface area contributed by atoms with Crippen LogP contribution in [0.2, 0.25) is 0 Å². The number of benzene rings is 1. The Kier molecular flexibility index (Phi) is 10.0. The van der Waals surface area contributed by atoms with Gasteiger partial charge in [0.15, 0.2) is 5.65 Å². The minimum Gasteiger partial charge on any atom is -0.382 e. The van der Waals surface area contributed by atoms with Crippen molar-refractivity contribution in [1.82, 2.24) is 29.2 Å². The minimum absolute atomic E-state index is 0.0564. The zero-order valence-electron chi connectivity index (χ0n) is 28.1. The number of fused-ring (bicyclic) bond motifs is 2. The maximum absolute atomic E-state index is 13.9. The van der Waals surface area contributed by atoms with Crippen LogP contribution in [0.5, 0.6) is 0 Å². The molecule has 4 heterocycles. The van der Waals surface area contributed by atoms with Crippen LogP contribution in [0.25, 0.3) is 5.65 Å². The summed E-state index contributed by atoms with van der Waals surface area (Å²) < 4.78 is 5.09. The van der Waals surface area contributed by atoms with E-state index in [0.29, 0.717) is 24.4 Å². The van der Waals surface area contributed by atoms with Gasteiger partial charge < -0.3 is 10.6 Å². The summed E-state index contributed by atoms with van der Waals surface area (Å²) in [4.78, 5) is 70.8. The summed E-state index contributed by atoms with van der Waals surface area (Å²) >= 11 is 3.47. The fourth-order valence-electron chi connectivity index (χ4n) is 8.35. The van der Waals surface area contributed by atoms with E-state index < -0.39 is 29.7 Å². The summed E-state index contributed by atoms with van der Waals surface area (Å²) in [7, 11) is 0. The maximum atomic E-state index is 13.9. The molecule has 4 aliphatic rings. The molecule has 4 unspecified atom stereocenters. The standard InChI is InChI=1S/C36H43BrN8O5/c1-2-5-21-19-31(45-30(40-21)14-15-38-45)41-23-11-10-20(16-23)17-29(46)24-7-3-6-22(18-27(24)43-37)39-26-9-4-8-25-33(26)36(50)44(35(25)49)28-12-13-32(47)42-34(28)48/h4,8-9,14-15,19-20,22-24,27-28,39,41,43H,2-3,5-7,10-13,16-18H2,1H3,(H,42,47,48)/t20-,22?,23-,24?,27?,28?/m1/s1. The second-order valence-corrected chi connectivity index (χ2v) is 14.6. The smallest absolute Gasteiger partial charge is 0.264 e. The Morgan fingerprint density at radius 1 is 1.00 bits per heavy atom. The van der Waals surface area contributed by atoms with E-state index in [9.17, 15) is 24.0 Å². The molecule has 14 heteroatoms. The summed E-state index contributed by atoms with van der Waals surface area (Å²) in [6.45, 7) is 2.15. The van der Waals surface area contributed by atoms with Gasteiger partial charge in [-0.25, -0.2) is 4.98 Å². The van der Waals surface area contributed by atoms with Gasteiger partial charge in [-0.1, -0.05) is 25.8 Å². The molecule has 2 aliphatic carbocycles. The highest BCUT2D eigenvalue weighted by Crippen LogP contribution is 2.37. The highest BCUT2D eigenvalue weighted by atomic mass is 79.9. The lowest BCUT2D eigenvalue weighted by Crippen LogP contribution is -2.54. The normalized spacial score (nSPS) is 27.0. The summed E-state index contributed by atoms with van der Waals surface area (Å²) in [5.74, 6) is -0.733. The number of aromatic nitrogens is 3. The van der Waals surface area contributed by atoms with Crippen molar-refractivity contribution >= 4 is 62.7 Å². The number of amides is 4. The molecule has 1 aromatic carbocycles. The number of Topliss-reactive ketones (excluding diaryl/α,β-unsaturated/α-hetero) is 1. The topological polar surface area (TPSA) is 167 Å². The predicted octanol–water partition coefficient (Wildman–Crippen LogP) is 4.56. The number of rotatable bonds is 11. The van der Waals surface area contributed by atoms with Crippen molar-refractivity contribution in [2.45, 2.75) is 108 Å². The van der Waals surface area contributed by atoms with Crippen LogP contribution in [-0.2, 0) is 20.8 Å². The number of piperidine rings is 1. The first kappa shape index (κ1) is 34.3. The Morgan fingerprint density at radius 2 is 1.84 bits per heavy atom. The van der Waals surface area contributed by atoms with Crippen LogP contribution < -0.4 is 20.3 Å². The lowest BCUT2D eigenvalue weighted by Gasteiger charge is -2.28. The molecule has 50 heavy (non-hydrogen) atoms. The van der Waals surface area contributed by atoms with Crippen LogP contribution in [0.4, 0.5) is 11.5 Å². The molecule has 4 N–H and O–H groups in total. The summed E-state index contributed by atoms with van der Waals surface area (Å²) in [5.41, 5.74) is 2.90. The molecule has 3 aromatic rings. The first-order valence-electron chi connectivity index (χ1n) is 17.8. The van der Waals surface area contributed by atoms with Gasteiger partial charge in [0.2, 0.25) is 11.8 Å².